The van der Waals surface area contributed by atoms with Crippen LogP contribution in [0.4, 0.5) is 10.5 Å². The fourth-order valence-corrected chi connectivity index (χ4v) is 1.37. The van der Waals surface area contributed by atoms with Crippen molar-refractivity contribution in [2.45, 2.75) is 13.3 Å². The molecule has 3 N–H and O–H groups in total. The summed E-state index contributed by atoms with van der Waals surface area (Å²) in [7, 11) is 0. The average molecular weight is 222 g/mol. The van der Waals surface area contributed by atoms with E-state index in [1.165, 1.54) is 4.90 Å². The highest BCUT2D eigenvalue weighted by Crippen LogP contribution is 2.15. The number of primary amides is 1. The van der Waals surface area contributed by atoms with Crippen LogP contribution in [0.2, 0.25) is 0 Å². The molecule has 0 bridgehead atoms. The van der Waals surface area contributed by atoms with E-state index in [4.69, 9.17) is 10.8 Å². The van der Waals surface area contributed by atoms with Gasteiger partial charge < -0.3 is 10.8 Å². The predicted molar refractivity (Wildman–Crippen MR) is 60.4 cm³/mol. The Bertz CT molecular complexity index is 404. The van der Waals surface area contributed by atoms with Crippen molar-refractivity contribution in [3.05, 3.63) is 29.8 Å². The number of carboxylic acid groups (broad SMARTS) is 1. The quantitative estimate of drug-likeness (QED) is 0.806. The Kier molecular flexibility index (Phi) is 3.88. The average Bonchev–Trinajstić information content (AvgIpc) is 2.17. The third kappa shape index (κ3) is 3.27. The number of aliphatic carboxylic acids is 1. The molecule has 5 nitrogen and oxygen atoms in total. The van der Waals surface area contributed by atoms with Crippen molar-refractivity contribution in [1.29, 1.82) is 0 Å². The van der Waals surface area contributed by atoms with Crippen LogP contribution in [0, 0.1) is 6.92 Å². The first-order valence-corrected chi connectivity index (χ1v) is 4.86. The largest absolute Gasteiger partial charge is 0.481 e. The molecule has 0 fully saturated rings. The number of benzene rings is 1. The molecule has 0 aromatic heterocycles. The summed E-state index contributed by atoms with van der Waals surface area (Å²) in [5, 5.41) is 8.57. The van der Waals surface area contributed by atoms with Gasteiger partial charge in [-0.15, -0.1) is 0 Å². The van der Waals surface area contributed by atoms with E-state index in [1.807, 2.05) is 13.0 Å². The standard InChI is InChI=1S/C11H14N2O3/c1-8-3-2-4-9(7-8)13(11(12)16)6-5-10(14)15/h2-4,7H,5-6H2,1H3,(H2,12,16)(H,14,15). The molecule has 1 rings (SSSR count). The number of carboxylic acids is 1. The second-order valence-electron chi connectivity index (χ2n) is 3.47. The van der Waals surface area contributed by atoms with Gasteiger partial charge in [-0.25, -0.2) is 4.79 Å². The van der Waals surface area contributed by atoms with Gasteiger partial charge in [0.05, 0.1) is 6.42 Å². The first-order valence-electron chi connectivity index (χ1n) is 4.86. The minimum atomic E-state index is -0.959. The van der Waals surface area contributed by atoms with Gasteiger partial charge in [0.25, 0.3) is 0 Å². The van der Waals surface area contributed by atoms with E-state index in [2.05, 4.69) is 0 Å². The van der Waals surface area contributed by atoms with Crippen molar-refractivity contribution in [2.24, 2.45) is 5.73 Å². The van der Waals surface area contributed by atoms with E-state index >= 15 is 0 Å². The van der Waals surface area contributed by atoms with Crippen LogP contribution < -0.4 is 10.6 Å². The molecule has 0 saturated heterocycles. The second-order valence-corrected chi connectivity index (χ2v) is 3.47. The number of hydrogen-bond donors (Lipinski definition) is 2. The van der Waals surface area contributed by atoms with Crippen LogP contribution in [-0.4, -0.2) is 23.7 Å². The number of carbonyl (C=O) groups is 2. The highest BCUT2D eigenvalue weighted by molar-refractivity contribution is 5.91. The zero-order valence-corrected chi connectivity index (χ0v) is 9.01. The Hall–Kier alpha value is -2.04. The van der Waals surface area contributed by atoms with Crippen LogP contribution in [0.25, 0.3) is 0 Å². The summed E-state index contributed by atoms with van der Waals surface area (Å²) < 4.78 is 0. The molecule has 1 aromatic rings. The maximum atomic E-state index is 11.2. The Morgan fingerprint density at radius 1 is 1.44 bits per heavy atom. The van der Waals surface area contributed by atoms with Gasteiger partial charge in [-0.3, -0.25) is 9.69 Å². The van der Waals surface area contributed by atoms with E-state index in [0.717, 1.165) is 5.56 Å². The Morgan fingerprint density at radius 2 is 2.12 bits per heavy atom. The van der Waals surface area contributed by atoms with Crippen LogP contribution in [0.3, 0.4) is 0 Å². The van der Waals surface area contributed by atoms with Crippen LogP contribution in [0.5, 0.6) is 0 Å². The van der Waals surface area contributed by atoms with Gasteiger partial charge in [-0.1, -0.05) is 12.1 Å². The molecule has 0 radical (unpaired) electrons. The molecule has 0 heterocycles. The fourth-order valence-electron chi connectivity index (χ4n) is 1.37. The van der Waals surface area contributed by atoms with E-state index < -0.39 is 12.0 Å². The molecule has 5 heteroatoms. The van der Waals surface area contributed by atoms with Gasteiger partial charge in [0, 0.05) is 12.2 Å². The van der Waals surface area contributed by atoms with Crippen LogP contribution in [0.15, 0.2) is 24.3 Å². The van der Waals surface area contributed by atoms with Crippen LogP contribution >= 0.6 is 0 Å². The lowest BCUT2D eigenvalue weighted by molar-refractivity contribution is -0.136. The summed E-state index contributed by atoms with van der Waals surface area (Å²) >= 11 is 0. The monoisotopic (exact) mass is 222 g/mol. The summed E-state index contributed by atoms with van der Waals surface area (Å²) in [5.74, 6) is -0.959. The zero-order chi connectivity index (χ0) is 12.1. The van der Waals surface area contributed by atoms with Crippen molar-refractivity contribution in [2.75, 3.05) is 11.4 Å². The van der Waals surface area contributed by atoms with Gasteiger partial charge in [-0.05, 0) is 24.6 Å². The molecule has 1 aromatic carbocycles. The number of rotatable bonds is 4. The minimum absolute atomic E-state index is 0.0775. The van der Waals surface area contributed by atoms with Gasteiger partial charge >= 0.3 is 12.0 Å². The van der Waals surface area contributed by atoms with E-state index in [1.54, 1.807) is 18.2 Å². The van der Waals surface area contributed by atoms with Gasteiger partial charge in [0.15, 0.2) is 0 Å². The number of anilines is 1. The zero-order valence-electron chi connectivity index (χ0n) is 9.01. The number of amides is 2. The van der Waals surface area contributed by atoms with Crippen LogP contribution in [-0.2, 0) is 4.79 Å². The Balaban J connectivity index is 2.85. The number of aryl methyl sites for hydroxylation is 1. The highest BCUT2D eigenvalue weighted by Gasteiger charge is 2.13. The molecule has 0 saturated carbocycles. The smallest absolute Gasteiger partial charge is 0.319 e. The first kappa shape index (κ1) is 12.0. The van der Waals surface area contributed by atoms with Gasteiger partial charge in [-0.2, -0.15) is 0 Å². The van der Waals surface area contributed by atoms with Crippen molar-refractivity contribution >= 4 is 17.7 Å². The van der Waals surface area contributed by atoms with Gasteiger partial charge in [0.2, 0.25) is 0 Å². The highest BCUT2D eigenvalue weighted by atomic mass is 16.4. The molecular formula is C11H14N2O3. The summed E-state index contributed by atoms with van der Waals surface area (Å²) in [6.45, 7) is 1.97. The SMILES string of the molecule is Cc1cccc(N(CCC(=O)O)C(N)=O)c1. The molecule has 0 unspecified atom stereocenters. The van der Waals surface area contributed by atoms with E-state index in [-0.39, 0.29) is 13.0 Å². The molecule has 0 spiro atoms. The fraction of sp³-hybridized carbons (Fsp3) is 0.273. The number of nitrogens with zero attached hydrogens (tertiary/aromatic N) is 1. The lowest BCUT2D eigenvalue weighted by atomic mass is 10.2. The summed E-state index contributed by atoms with van der Waals surface area (Å²) in [6, 6.07) is 6.54. The molecule has 86 valence electrons. The summed E-state index contributed by atoms with van der Waals surface area (Å²) in [4.78, 5) is 22.9. The van der Waals surface area contributed by atoms with E-state index in [9.17, 15) is 9.59 Å². The van der Waals surface area contributed by atoms with Gasteiger partial charge in [0.1, 0.15) is 0 Å². The number of hydrogen-bond acceptors (Lipinski definition) is 2. The Labute approximate surface area is 93.5 Å². The third-order valence-electron chi connectivity index (χ3n) is 2.13. The number of nitrogens with two attached hydrogens (primary N) is 1. The van der Waals surface area contributed by atoms with Crippen molar-refractivity contribution in [1.82, 2.24) is 0 Å². The lowest BCUT2D eigenvalue weighted by Gasteiger charge is -2.19. The topological polar surface area (TPSA) is 83.6 Å². The molecule has 0 aliphatic rings. The summed E-state index contributed by atoms with van der Waals surface area (Å²) in [5.41, 5.74) is 6.80. The number of urea groups is 1. The molecule has 0 atom stereocenters. The maximum absolute atomic E-state index is 11.2. The van der Waals surface area contributed by atoms with E-state index in [0.29, 0.717) is 5.69 Å². The lowest BCUT2D eigenvalue weighted by Crippen LogP contribution is -2.37. The normalized spacial score (nSPS) is 9.81. The molecular weight excluding hydrogens is 208 g/mol. The maximum Gasteiger partial charge on any atom is 0.319 e. The molecule has 0 aliphatic carbocycles. The molecule has 0 aliphatic heterocycles. The van der Waals surface area contributed by atoms with Crippen molar-refractivity contribution in [3.8, 4) is 0 Å². The second kappa shape index (κ2) is 5.16. The molecule has 2 amide bonds. The molecule has 16 heavy (non-hydrogen) atoms. The van der Waals surface area contributed by atoms with Crippen molar-refractivity contribution in [3.63, 3.8) is 0 Å². The Morgan fingerprint density at radius 3 is 2.62 bits per heavy atom. The predicted octanol–water partition coefficient (Wildman–Crippen LogP) is 1.35. The van der Waals surface area contributed by atoms with Crippen molar-refractivity contribution < 1.29 is 14.7 Å². The third-order valence-corrected chi connectivity index (χ3v) is 2.13. The number of carbonyl (C=O) groups excluding carboxylic acids is 1. The van der Waals surface area contributed by atoms with Crippen LogP contribution in [0.1, 0.15) is 12.0 Å². The minimum Gasteiger partial charge on any atom is -0.481 e. The first-order chi connectivity index (χ1) is 7.50. The summed E-state index contributed by atoms with van der Waals surface area (Å²) in [6.07, 6.45) is -0.128.